The number of carbonyl (C=O) groups is 1. The topological polar surface area (TPSA) is 61.4 Å². The molecule has 1 saturated carbocycles. The number of benzene rings is 1. The maximum absolute atomic E-state index is 11.6. The summed E-state index contributed by atoms with van der Waals surface area (Å²) in [6.07, 6.45) is 3.94. The van der Waals surface area contributed by atoms with Gasteiger partial charge in [0.15, 0.2) is 0 Å². The molecule has 0 heterocycles. The predicted molar refractivity (Wildman–Crippen MR) is 70.5 cm³/mol. The van der Waals surface area contributed by atoms with Crippen LogP contribution < -0.4 is 10.6 Å². The summed E-state index contributed by atoms with van der Waals surface area (Å²) in [6.45, 7) is 1.70. The monoisotopic (exact) mass is 248 g/mol. The van der Waals surface area contributed by atoms with E-state index in [1.54, 1.807) is 24.3 Å². The zero-order valence-corrected chi connectivity index (χ0v) is 10.5. The molecule has 0 aliphatic heterocycles. The first-order valence-electron chi connectivity index (χ1n) is 6.52. The number of hydrogen-bond acceptors (Lipinski definition) is 3. The lowest BCUT2D eigenvalue weighted by Crippen LogP contribution is -2.29. The molecule has 1 aliphatic carbocycles. The molecule has 4 heteroatoms. The van der Waals surface area contributed by atoms with Gasteiger partial charge < -0.3 is 15.7 Å². The van der Waals surface area contributed by atoms with Crippen LogP contribution in [0.3, 0.4) is 0 Å². The summed E-state index contributed by atoms with van der Waals surface area (Å²) in [6, 6.07) is 7.47. The molecule has 4 nitrogen and oxygen atoms in total. The summed E-state index contributed by atoms with van der Waals surface area (Å²) in [4.78, 5) is 11.6. The molecule has 1 aromatic rings. The van der Waals surface area contributed by atoms with E-state index in [9.17, 15) is 4.79 Å². The lowest BCUT2D eigenvalue weighted by molar-refractivity contribution is -0.120. The highest BCUT2D eigenvalue weighted by Gasteiger charge is 2.19. The fourth-order valence-electron chi connectivity index (χ4n) is 1.77. The van der Waals surface area contributed by atoms with Crippen LogP contribution in [0, 0.1) is 0 Å². The molecule has 0 bridgehead atoms. The second-order valence-electron chi connectivity index (χ2n) is 4.78. The average molecular weight is 248 g/mol. The fourth-order valence-corrected chi connectivity index (χ4v) is 1.77. The van der Waals surface area contributed by atoms with Gasteiger partial charge in [-0.15, -0.1) is 0 Å². The summed E-state index contributed by atoms with van der Waals surface area (Å²) < 4.78 is 0. The van der Waals surface area contributed by atoms with E-state index in [0.717, 1.165) is 31.1 Å². The Morgan fingerprint density at radius 2 is 1.94 bits per heavy atom. The first kappa shape index (κ1) is 12.9. The van der Waals surface area contributed by atoms with Crippen molar-refractivity contribution >= 4 is 5.91 Å². The number of rotatable bonds is 7. The molecule has 0 saturated heterocycles. The van der Waals surface area contributed by atoms with E-state index < -0.39 is 0 Å². The third-order valence-corrected chi connectivity index (χ3v) is 2.99. The Morgan fingerprint density at radius 3 is 2.61 bits per heavy atom. The van der Waals surface area contributed by atoms with Gasteiger partial charge in [0.2, 0.25) is 5.91 Å². The number of amides is 1. The third kappa shape index (κ3) is 4.75. The molecule has 0 spiro atoms. The van der Waals surface area contributed by atoms with Crippen molar-refractivity contribution in [3.8, 4) is 5.75 Å². The summed E-state index contributed by atoms with van der Waals surface area (Å²) in [5, 5.41) is 15.4. The molecule has 0 atom stereocenters. The maximum Gasteiger partial charge on any atom is 0.224 e. The normalized spacial score (nSPS) is 14.4. The van der Waals surface area contributed by atoms with Gasteiger partial charge in [-0.25, -0.2) is 0 Å². The lowest BCUT2D eigenvalue weighted by Gasteiger charge is -2.06. The van der Waals surface area contributed by atoms with Gasteiger partial charge in [0.05, 0.1) is 6.42 Å². The molecule has 2 rings (SSSR count). The zero-order valence-electron chi connectivity index (χ0n) is 10.5. The van der Waals surface area contributed by atoms with Crippen LogP contribution in [0.2, 0.25) is 0 Å². The third-order valence-electron chi connectivity index (χ3n) is 2.99. The van der Waals surface area contributed by atoms with Gasteiger partial charge in [0, 0.05) is 12.6 Å². The van der Waals surface area contributed by atoms with Crippen LogP contribution >= 0.6 is 0 Å². The average Bonchev–Trinajstić information content (AvgIpc) is 3.16. The van der Waals surface area contributed by atoms with Crippen molar-refractivity contribution in [3.63, 3.8) is 0 Å². The molecule has 0 radical (unpaired) electrons. The smallest absolute Gasteiger partial charge is 0.224 e. The molecule has 1 fully saturated rings. The van der Waals surface area contributed by atoms with Crippen molar-refractivity contribution in [3.05, 3.63) is 29.8 Å². The van der Waals surface area contributed by atoms with Gasteiger partial charge in [-0.1, -0.05) is 12.1 Å². The minimum absolute atomic E-state index is 0.0344. The quantitative estimate of drug-likeness (QED) is 0.635. The Kier molecular flexibility index (Phi) is 4.59. The molecule has 18 heavy (non-hydrogen) atoms. The van der Waals surface area contributed by atoms with E-state index in [-0.39, 0.29) is 11.7 Å². The summed E-state index contributed by atoms with van der Waals surface area (Å²) >= 11 is 0. The first-order chi connectivity index (χ1) is 8.74. The van der Waals surface area contributed by atoms with E-state index in [4.69, 9.17) is 5.11 Å². The minimum Gasteiger partial charge on any atom is -0.508 e. The van der Waals surface area contributed by atoms with Crippen molar-refractivity contribution in [2.45, 2.75) is 31.7 Å². The fraction of sp³-hybridized carbons (Fsp3) is 0.500. The molecule has 0 aromatic heterocycles. The predicted octanol–water partition coefficient (Wildman–Crippen LogP) is 1.19. The van der Waals surface area contributed by atoms with Gasteiger partial charge in [0.1, 0.15) is 5.75 Å². The van der Waals surface area contributed by atoms with Crippen molar-refractivity contribution in [2.75, 3.05) is 13.1 Å². The van der Waals surface area contributed by atoms with Gasteiger partial charge in [0.25, 0.3) is 0 Å². The molecular weight excluding hydrogens is 228 g/mol. The van der Waals surface area contributed by atoms with Crippen LogP contribution in [0.5, 0.6) is 5.75 Å². The van der Waals surface area contributed by atoms with E-state index in [0.29, 0.717) is 6.42 Å². The van der Waals surface area contributed by atoms with Crippen LogP contribution in [0.1, 0.15) is 24.8 Å². The van der Waals surface area contributed by atoms with Crippen molar-refractivity contribution in [2.24, 2.45) is 0 Å². The largest absolute Gasteiger partial charge is 0.508 e. The van der Waals surface area contributed by atoms with E-state index in [2.05, 4.69) is 10.6 Å². The van der Waals surface area contributed by atoms with E-state index in [1.807, 2.05) is 0 Å². The SMILES string of the molecule is O=C(Cc1ccc(O)cc1)NCCCNC1CC1. The number of aromatic hydroxyl groups is 1. The van der Waals surface area contributed by atoms with Crippen molar-refractivity contribution in [1.82, 2.24) is 10.6 Å². The summed E-state index contributed by atoms with van der Waals surface area (Å²) in [5.41, 5.74) is 0.918. The second-order valence-corrected chi connectivity index (χ2v) is 4.78. The van der Waals surface area contributed by atoms with Crippen LogP contribution in [-0.4, -0.2) is 30.1 Å². The van der Waals surface area contributed by atoms with Gasteiger partial charge >= 0.3 is 0 Å². The lowest BCUT2D eigenvalue weighted by atomic mass is 10.1. The van der Waals surface area contributed by atoms with Crippen molar-refractivity contribution < 1.29 is 9.90 Å². The standard InChI is InChI=1S/C14H20N2O2/c17-13-6-2-11(3-7-13)10-14(18)16-9-1-8-15-12-4-5-12/h2-3,6-7,12,15,17H,1,4-5,8-10H2,(H,16,18). The van der Waals surface area contributed by atoms with Crippen LogP contribution in [0.4, 0.5) is 0 Å². The highest BCUT2D eigenvalue weighted by atomic mass is 16.3. The Bertz CT molecular complexity index is 385. The Morgan fingerprint density at radius 1 is 1.22 bits per heavy atom. The summed E-state index contributed by atoms with van der Waals surface area (Å²) in [5.74, 6) is 0.262. The highest BCUT2D eigenvalue weighted by molar-refractivity contribution is 5.78. The zero-order chi connectivity index (χ0) is 12.8. The van der Waals surface area contributed by atoms with Crippen LogP contribution in [0.15, 0.2) is 24.3 Å². The number of phenolic OH excluding ortho intramolecular Hbond substituents is 1. The van der Waals surface area contributed by atoms with Crippen LogP contribution in [-0.2, 0) is 11.2 Å². The summed E-state index contributed by atoms with van der Waals surface area (Å²) in [7, 11) is 0. The minimum atomic E-state index is 0.0344. The van der Waals surface area contributed by atoms with Crippen LogP contribution in [0.25, 0.3) is 0 Å². The molecule has 1 aromatic carbocycles. The Hall–Kier alpha value is -1.55. The second kappa shape index (κ2) is 6.40. The Balaban J connectivity index is 1.57. The number of carbonyl (C=O) groups excluding carboxylic acids is 1. The Labute approximate surface area is 107 Å². The van der Waals surface area contributed by atoms with E-state index >= 15 is 0 Å². The van der Waals surface area contributed by atoms with Gasteiger partial charge in [-0.2, -0.15) is 0 Å². The molecule has 1 aliphatic rings. The van der Waals surface area contributed by atoms with Gasteiger partial charge in [-0.3, -0.25) is 4.79 Å². The van der Waals surface area contributed by atoms with E-state index in [1.165, 1.54) is 12.8 Å². The first-order valence-corrected chi connectivity index (χ1v) is 6.52. The molecule has 3 N–H and O–H groups in total. The molecule has 98 valence electrons. The number of nitrogens with one attached hydrogen (secondary N) is 2. The highest BCUT2D eigenvalue weighted by Crippen LogP contribution is 2.18. The van der Waals surface area contributed by atoms with Gasteiger partial charge in [-0.05, 0) is 43.5 Å². The van der Waals surface area contributed by atoms with Crippen molar-refractivity contribution in [1.29, 1.82) is 0 Å². The molecule has 0 unspecified atom stereocenters. The molecule has 1 amide bonds. The maximum atomic E-state index is 11.6. The molecular formula is C14H20N2O2. The number of phenols is 1. The number of hydrogen-bond donors (Lipinski definition) is 3.